The average molecular weight is 221 g/mol. The summed E-state index contributed by atoms with van der Waals surface area (Å²) >= 11 is 0. The molecule has 3 heteroatoms. The van der Waals surface area contributed by atoms with E-state index in [0.29, 0.717) is 12.3 Å². The molecule has 0 atom stereocenters. The Morgan fingerprint density at radius 2 is 1.88 bits per heavy atom. The smallest absolute Gasteiger partial charge is 0.410 e. The summed E-state index contributed by atoms with van der Waals surface area (Å²) in [6, 6.07) is 7.81. The molecule has 2 rings (SSSR count). The highest BCUT2D eigenvalue weighted by atomic mass is 16.6. The van der Waals surface area contributed by atoms with Gasteiger partial charge < -0.3 is 9.64 Å². The van der Waals surface area contributed by atoms with E-state index in [1.165, 1.54) is 0 Å². The summed E-state index contributed by atoms with van der Waals surface area (Å²) in [5.41, 5.74) is 1.07. The van der Waals surface area contributed by atoms with Crippen molar-refractivity contribution in [1.82, 2.24) is 4.90 Å². The van der Waals surface area contributed by atoms with Gasteiger partial charge in [-0.3, -0.25) is 0 Å². The van der Waals surface area contributed by atoms with E-state index < -0.39 is 0 Å². The normalized spacial score (nSPS) is 13.8. The van der Waals surface area contributed by atoms with Crippen LogP contribution in [0.2, 0.25) is 0 Å². The number of carbonyl (C=O) groups excluding carboxylic acids is 1. The molecule has 0 bridgehead atoms. The number of benzene rings is 1. The first-order valence-electron chi connectivity index (χ1n) is 5.75. The molecule has 0 spiro atoms. The van der Waals surface area contributed by atoms with Gasteiger partial charge >= 0.3 is 6.09 Å². The summed E-state index contributed by atoms with van der Waals surface area (Å²) in [5, 5.41) is 0. The lowest BCUT2D eigenvalue weighted by Crippen LogP contribution is -2.41. The van der Waals surface area contributed by atoms with Crippen molar-refractivity contribution in [3.8, 4) is 5.75 Å². The molecule has 3 nitrogen and oxygen atoms in total. The van der Waals surface area contributed by atoms with E-state index in [2.05, 4.69) is 0 Å². The molecule has 1 amide bonds. The Hall–Kier alpha value is -1.51. The van der Waals surface area contributed by atoms with E-state index in [-0.39, 0.29) is 12.1 Å². The Morgan fingerprint density at radius 3 is 2.50 bits per heavy atom. The monoisotopic (exact) mass is 221 g/mol. The predicted octanol–water partition coefficient (Wildman–Crippen LogP) is 3.44. The fourth-order valence-electron chi connectivity index (χ4n) is 1.53. The minimum absolute atomic E-state index is 0.177. The van der Waals surface area contributed by atoms with Crippen LogP contribution in [0.25, 0.3) is 0 Å². The van der Waals surface area contributed by atoms with Crippen molar-refractivity contribution in [3.63, 3.8) is 0 Å². The topological polar surface area (TPSA) is 29.5 Å². The van der Waals surface area contributed by atoms with Crippen LogP contribution < -0.4 is 4.74 Å². The SMILES string of the molecule is CC.CC(C)N1Cc2ccccc2OC1=O. The molecule has 1 aliphatic rings. The zero-order valence-corrected chi connectivity index (χ0v) is 10.4. The molecule has 1 aromatic rings. The lowest BCUT2D eigenvalue weighted by atomic mass is 10.1. The van der Waals surface area contributed by atoms with Crippen molar-refractivity contribution in [2.24, 2.45) is 0 Å². The number of hydrogen-bond donors (Lipinski definition) is 0. The van der Waals surface area contributed by atoms with E-state index in [4.69, 9.17) is 4.74 Å². The maximum Gasteiger partial charge on any atom is 0.415 e. The van der Waals surface area contributed by atoms with Crippen molar-refractivity contribution < 1.29 is 9.53 Å². The molecule has 0 saturated heterocycles. The number of fused-ring (bicyclic) bond motifs is 1. The summed E-state index contributed by atoms with van der Waals surface area (Å²) < 4.78 is 5.19. The molecule has 0 unspecified atom stereocenters. The molecule has 1 heterocycles. The number of hydrogen-bond acceptors (Lipinski definition) is 2. The van der Waals surface area contributed by atoms with Crippen LogP contribution in [0.3, 0.4) is 0 Å². The second-order valence-electron chi connectivity index (χ2n) is 3.70. The third-order valence-corrected chi connectivity index (χ3v) is 2.37. The van der Waals surface area contributed by atoms with Gasteiger partial charge in [0, 0.05) is 11.6 Å². The van der Waals surface area contributed by atoms with Crippen LogP contribution in [0.4, 0.5) is 4.79 Å². The van der Waals surface area contributed by atoms with Crippen LogP contribution >= 0.6 is 0 Å². The first-order chi connectivity index (χ1) is 7.68. The van der Waals surface area contributed by atoms with Gasteiger partial charge in [-0.15, -0.1) is 0 Å². The number of nitrogens with zero attached hydrogens (tertiary/aromatic N) is 1. The first kappa shape index (κ1) is 12.6. The number of para-hydroxylation sites is 1. The molecule has 0 fully saturated rings. The van der Waals surface area contributed by atoms with Gasteiger partial charge in [-0.25, -0.2) is 4.79 Å². The molecule has 0 N–H and O–H groups in total. The molecule has 0 aliphatic carbocycles. The van der Waals surface area contributed by atoms with Gasteiger partial charge in [0.15, 0.2) is 0 Å². The highest BCUT2D eigenvalue weighted by molar-refractivity contribution is 5.73. The summed E-state index contributed by atoms with van der Waals surface area (Å²) in [6.45, 7) is 8.61. The fraction of sp³-hybridized carbons (Fsp3) is 0.462. The zero-order valence-electron chi connectivity index (χ0n) is 10.4. The quantitative estimate of drug-likeness (QED) is 0.727. The van der Waals surface area contributed by atoms with E-state index in [9.17, 15) is 4.79 Å². The Labute approximate surface area is 97.0 Å². The summed E-state index contributed by atoms with van der Waals surface area (Å²) in [5.74, 6) is 0.689. The van der Waals surface area contributed by atoms with Gasteiger partial charge in [-0.05, 0) is 19.9 Å². The van der Waals surface area contributed by atoms with Gasteiger partial charge in [0.25, 0.3) is 0 Å². The maximum atomic E-state index is 11.5. The molecular formula is C13H19NO2. The molecule has 16 heavy (non-hydrogen) atoms. The molecule has 1 aliphatic heterocycles. The van der Waals surface area contributed by atoms with Crippen molar-refractivity contribution >= 4 is 6.09 Å². The lowest BCUT2D eigenvalue weighted by molar-refractivity contribution is 0.123. The molecule has 0 aromatic heterocycles. The van der Waals surface area contributed by atoms with Crippen LogP contribution in [0.1, 0.15) is 33.3 Å². The summed E-state index contributed by atoms with van der Waals surface area (Å²) in [4.78, 5) is 13.2. The average Bonchev–Trinajstić information content (AvgIpc) is 2.30. The number of carbonyl (C=O) groups is 1. The molecule has 0 saturated carbocycles. The second-order valence-corrected chi connectivity index (χ2v) is 3.70. The molecule has 88 valence electrons. The Kier molecular flexibility index (Phi) is 4.35. The first-order valence-corrected chi connectivity index (χ1v) is 5.75. The van der Waals surface area contributed by atoms with Crippen molar-refractivity contribution in [1.29, 1.82) is 0 Å². The van der Waals surface area contributed by atoms with Gasteiger partial charge in [0.05, 0.1) is 6.54 Å². The number of amides is 1. The Bertz CT molecular complexity index is 361. The molecular weight excluding hydrogens is 202 g/mol. The highest BCUT2D eigenvalue weighted by Crippen LogP contribution is 2.26. The fourth-order valence-corrected chi connectivity index (χ4v) is 1.53. The third kappa shape index (κ3) is 2.54. The molecule has 0 radical (unpaired) electrons. The van der Waals surface area contributed by atoms with E-state index in [1.54, 1.807) is 4.90 Å². The third-order valence-electron chi connectivity index (χ3n) is 2.37. The van der Waals surface area contributed by atoms with Crippen LogP contribution in [-0.2, 0) is 6.54 Å². The molecule has 1 aromatic carbocycles. The van der Waals surface area contributed by atoms with Gasteiger partial charge in [0.2, 0.25) is 0 Å². The van der Waals surface area contributed by atoms with Gasteiger partial charge in [-0.1, -0.05) is 32.0 Å². The standard InChI is InChI=1S/C11H13NO2.C2H6/c1-8(2)12-7-9-5-3-4-6-10(9)14-11(12)13;1-2/h3-6,8H,7H2,1-2H3;1-2H3. The van der Waals surface area contributed by atoms with Crippen molar-refractivity contribution in [2.45, 2.75) is 40.3 Å². The van der Waals surface area contributed by atoms with Crippen LogP contribution in [-0.4, -0.2) is 17.0 Å². The maximum absolute atomic E-state index is 11.5. The predicted molar refractivity (Wildman–Crippen MR) is 64.5 cm³/mol. The van der Waals surface area contributed by atoms with E-state index in [0.717, 1.165) is 5.56 Å². The van der Waals surface area contributed by atoms with Crippen LogP contribution in [0.15, 0.2) is 24.3 Å². The van der Waals surface area contributed by atoms with E-state index >= 15 is 0 Å². The largest absolute Gasteiger partial charge is 0.415 e. The van der Waals surface area contributed by atoms with Crippen LogP contribution in [0.5, 0.6) is 5.75 Å². The summed E-state index contributed by atoms with van der Waals surface area (Å²) in [6.07, 6.45) is -0.251. The zero-order chi connectivity index (χ0) is 12.1. The van der Waals surface area contributed by atoms with Gasteiger partial charge in [0.1, 0.15) is 5.75 Å². The van der Waals surface area contributed by atoms with Crippen molar-refractivity contribution in [3.05, 3.63) is 29.8 Å². The summed E-state index contributed by atoms with van der Waals surface area (Å²) in [7, 11) is 0. The number of ether oxygens (including phenoxy) is 1. The van der Waals surface area contributed by atoms with E-state index in [1.807, 2.05) is 52.0 Å². The Balaban J connectivity index is 0.000000606. The highest BCUT2D eigenvalue weighted by Gasteiger charge is 2.25. The van der Waals surface area contributed by atoms with Crippen LogP contribution in [0, 0.1) is 0 Å². The Morgan fingerprint density at radius 1 is 1.25 bits per heavy atom. The van der Waals surface area contributed by atoms with Gasteiger partial charge in [-0.2, -0.15) is 0 Å². The number of rotatable bonds is 1. The minimum Gasteiger partial charge on any atom is -0.410 e. The minimum atomic E-state index is -0.251. The second kappa shape index (κ2) is 5.54. The lowest BCUT2D eigenvalue weighted by Gasteiger charge is -2.30. The van der Waals surface area contributed by atoms with Crippen molar-refractivity contribution in [2.75, 3.05) is 0 Å².